The molecule has 0 atom stereocenters. The van der Waals surface area contributed by atoms with E-state index < -0.39 is 11.9 Å². The highest BCUT2D eigenvalue weighted by Crippen LogP contribution is 2.21. The van der Waals surface area contributed by atoms with Crippen molar-refractivity contribution in [2.45, 2.75) is 6.92 Å². The Morgan fingerprint density at radius 1 is 1.56 bits per heavy atom. The average Bonchev–Trinajstić information content (AvgIpc) is 2.38. The van der Waals surface area contributed by atoms with Crippen molar-refractivity contribution < 1.29 is 24.2 Å². The summed E-state index contributed by atoms with van der Waals surface area (Å²) in [5.74, 6) is -1.73. The Hall–Kier alpha value is -2.44. The van der Waals surface area contributed by atoms with Crippen molar-refractivity contribution in [3.05, 3.63) is 23.0 Å². The number of pyridine rings is 1. The van der Waals surface area contributed by atoms with E-state index in [4.69, 9.17) is 0 Å². The van der Waals surface area contributed by atoms with Crippen molar-refractivity contribution in [2.24, 2.45) is 0 Å². The van der Waals surface area contributed by atoms with Crippen LogP contribution in [0.4, 0.5) is 0 Å². The lowest BCUT2D eigenvalue weighted by atomic mass is 10.1. The van der Waals surface area contributed by atoms with Gasteiger partial charge in [-0.15, -0.1) is 0 Å². The second kappa shape index (κ2) is 5.76. The zero-order chi connectivity index (χ0) is 13.7. The van der Waals surface area contributed by atoms with E-state index in [9.17, 15) is 19.5 Å². The number of amides is 1. The summed E-state index contributed by atoms with van der Waals surface area (Å²) >= 11 is 0. The van der Waals surface area contributed by atoms with Crippen LogP contribution in [0.1, 0.15) is 26.4 Å². The van der Waals surface area contributed by atoms with Crippen LogP contribution >= 0.6 is 0 Å². The lowest BCUT2D eigenvalue weighted by Gasteiger charge is -2.08. The van der Waals surface area contributed by atoms with E-state index >= 15 is 0 Å². The van der Waals surface area contributed by atoms with Gasteiger partial charge in [-0.2, -0.15) is 0 Å². The molecule has 1 aromatic rings. The van der Waals surface area contributed by atoms with Gasteiger partial charge in [0.1, 0.15) is 6.54 Å². The van der Waals surface area contributed by atoms with Gasteiger partial charge < -0.3 is 15.2 Å². The van der Waals surface area contributed by atoms with Crippen molar-refractivity contribution in [2.75, 3.05) is 13.7 Å². The number of nitrogens with zero attached hydrogens (tertiary/aromatic N) is 1. The molecular weight excluding hydrogens is 240 g/mol. The number of aromatic hydroxyl groups is 1. The highest BCUT2D eigenvalue weighted by atomic mass is 16.5. The fourth-order valence-electron chi connectivity index (χ4n) is 1.20. The molecule has 96 valence electrons. The molecule has 0 aromatic carbocycles. The molecule has 0 spiro atoms. The smallest absolute Gasteiger partial charge is 0.325 e. The minimum absolute atomic E-state index is 0.192. The van der Waals surface area contributed by atoms with Crippen LogP contribution in [0, 0.1) is 6.92 Å². The SMILES string of the molecule is COC(=O)CNC(=O)c1ncc(C=O)c(C)c1O. The summed E-state index contributed by atoms with van der Waals surface area (Å²) in [6.07, 6.45) is 1.70. The molecule has 0 aliphatic heterocycles. The Labute approximate surface area is 103 Å². The highest BCUT2D eigenvalue weighted by molar-refractivity contribution is 5.97. The highest BCUT2D eigenvalue weighted by Gasteiger charge is 2.17. The maximum atomic E-state index is 11.6. The summed E-state index contributed by atoms with van der Waals surface area (Å²) in [5.41, 5.74) is 0.197. The molecule has 0 bridgehead atoms. The van der Waals surface area contributed by atoms with Crippen LogP contribution in [0.15, 0.2) is 6.20 Å². The first kappa shape index (κ1) is 13.6. The number of hydrogen-bond acceptors (Lipinski definition) is 6. The monoisotopic (exact) mass is 252 g/mol. The van der Waals surface area contributed by atoms with Crippen molar-refractivity contribution in [1.29, 1.82) is 0 Å². The van der Waals surface area contributed by atoms with E-state index in [1.54, 1.807) is 0 Å². The van der Waals surface area contributed by atoms with Crippen molar-refractivity contribution in [1.82, 2.24) is 10.3 Å². The third-order valence-electron chi connectivity index (χ3n) is 2.31. The van der Waals surface area contributed by atoms with Crippen LogP contribution < -0.4 is 5.32 Å². The first-order valence-electron chi connectivity index (χ1n) is 5.00. The Morgan fingerprint density at radius 3 is 2.78 bits per heavy atom. The lowest BCUT2D eigenvalue weighted by molar-refractivity contribution is -0.139. The third kappa shape index (κ3) is 2.82. The maximum absolute atomic E-state index is 11.6. The predicted molar refractivity (Wildman–Crippen MR) is 60.4 cm³/mol. The van der Waals surface area contributed by atoms with E-state index in [1.807, 2.05) is 0 Å². The summed E-state index contributed by atoms with van der Waals surface area (Å²) in [6, 6.07) is 0. The van der Waals surface area contributed by atoms with E-state index in [2.05, 4.69) is 15.0 Å². The molecule has 0 fully saturated rings. The second-order valence-corrected chi connectivity index (χ2v) is 3.41. The molecule has 0 aliphatic carbocycles. The number of carbonyl (C=O) groups is 3. The van der Waals surface area contributed by atoms with E-state index in [1.165, 1.54) is 20.2 Å². The van der Waals surface area contributed by atoms with Crippen LogP contribution in [-0.4, -0.2) is 41.9 Å². The fourth-order valence-corrected chi connectivity index (χ4v) is 1.20. The first-order chi connectivity index (χ1) is 8.51. The number of esters is 1. The maximum Gasteiger partial charge on any atom is 0.325 e. The largest absolute Gasteiger partial charge is 0.505 e. The van der Waals surface area contributed by atoms with E-state index in [0.717, 1.165) is 0 Å². The molecule has 7 heteroatoms. The van der Waals surface area contributed by atoms with Gasteiger partial charge >= 0.3 is 5.97 Å². The molecule has 0 saturated heterocycles. The molecular formula is C11H12N2O5. The van der Waals surface area contributed by atoms with Crippen molar-refractivity contribution in [3.63, 3.8) is 0 Å². The molecule has 1 amide bonds. The normalized spacial score (nSPS) is 9.67. The molecule has 18 heavy (non-hydrogen) atoms. The molecule has 2 N–H and O–H groups in total. The minimum Gasteiger partial charge on any atom is -0.505 e. The number of hydrogen-bond donors (Lipinski definition) is 2. The van der Waals surface area contributed by atoms with Gasteiger partial charge in [0.15, 0.2) is 17.7 Å². The predicted octanol–water partition coefficient (Wildman–Crippen LogP) is -0.189. The number of methoxy groups -OCH3 is 1. The molecule has 1 heterocycles. The Bertz CT molecular complexity index is 498. The number of nitrogens with one attached hydrogen (secondary N) is 1. The zero-order valence-corrected chi connectivity index (χ0v) is 9.89. The Morgan fingerprint density at radius 2 is 2.22 bits per heavy atom. The van der Waals surface area contributed by atoms with Gasteiger partial charge in [0.2, 0.25) is 0 Å². The summed E-state index contributed by atoms with van der Waals surface area (Å²) in [4.78, 5) is 36.7. The molecule has 1 aromatic heterocycles. The van der Waals surface area contributed by atoms with Crippen LogP contribution in [0.5, 0.6) is 5.75 Å². The molecule has 0 aliphatic rings. The van der Waals surface area contributed by atoms with Crippen molar-refractivity contribution >= 4 is 18.2 Å². The Kier molecular flexibility index (Phi) is 4.36. The van der Waals surface area contributed by atoms with Gasteiger partial charge in [-0.3, -0.25) is 14.4 Å². The summed E-state index contributed by atoms with van der Waals surface area (Å²) in [5, 5.41) is 11.9. The fraction of sp³-hybridized carbons (Fsp3) is 0.273. The number of rotatable bonds is 4. The van der Waals surface area contributed by atoms with Crippen LogP contribution in [-0.2, 0) is 9.53 Å². The third-order valence-corrected chi connectivity index (χ3v) is 2.31. The minimum atomic E-state index is -0.724. The van der Waals surface area contributed by atoms with Gasteiger partial charge in [-0.1, -0.05) is 0 Å². The summed E-state index contributed by atoms with van der Waals surface area (Å²) in [6.45, 7) is 1.16. The summed E-state index contributed by atoms with van der Waals surface area (Å²) in [7, 11) is 1.19. The average molecular weight is 252 g/mol. The Balaban J connectivity index is 2.90. The topological polar surface area (TPSA) is 106 Å². The van der Waals surface area contributed by atoms with Crippen LogP contribution in [0.2, 0.25) is 0 Å². The number of ether oxygens (including phenoxy) is 1. The molecule has 1 rings (SSSR count). The van der Waals surface area contributed by atoms with Gasteiger partial charge in [-0.05, 0) is 6.92 Å². The second-order valence-electron chi connectivity index (χ2n) is 3.41. The quantitative estimate of drug-likeness (QED) is 0.568. The summed E-state index contributed by atoms with van der Waals surface area (Å²) < 4.78 is 4.34. The standard InChI is InChI=1S/C11H12N2O5/c1-6-7(5-14)3-12-9(10(6)16)11(17)13-4-8(15)18-2/h3,5,16H,4H2,1-2H3,(H,13,17). The lowest BCUT2D eigenvalue weighted by Crippen LogP contribution is -2.30. The molecule has 0 saturated carbocycles. The molecule has 0 radical (unpaired) electrons. The van der Waals surface area contributed by atoms with Gasteiger partial charge in [0, 0.05) is 17.3 Å². The van der Waals surface area contributed by atoms with Gasteiger partial charge in [-0.25, -0.2) is 4.98 Å². The number of aromatic nitrogens is 1. The van der Waals surface area contributed by atoms with E-state index in [-0.39, 0.29) is 29.1 Å². The molecule has 7 nitrogen and oxygen atoms in total. The first-order valence-corrected chi connectivity index (χ1v) is 5.00. The molecule has 0 unspecified atom stereocenters. The van der Waals surface area contributed by atoms with Crippen molar-refractivity contribution in [3.8, 4) is 5.75 Å². The number of aldehydes is 1. The van der Waals surface area contributed by atoms with Gasteiger partial charge in [0.05, 0.1) is 7.11 Å². The number of carbonyl (C=O) groups excluding carboxylic acids is 3. The van der Waals surface area contributed by atoms with E-state index in [0.29, 0.717) is 6.29 Å². The van der Waals surface area contributed by atoms with Crippen LogP contribution in [0.25, 0.3) is 0 Å². The van der Waals surface area contributed by atoms with Crippen LogP contribution in [0.3, 0.4) is 0 Å². The zero-order valence-electron chi connectivity index (χ0n) is 9.89. The van der Waals surface area contributed by atoms with Gasteiger partial charge in [0.25, 0.3) is 5.91 Å².